The predicted octanol–water partition coefficient (Wildman–Crippen LogP) is 0.792. The summed E-state index contributed by atoms with van der Waals surface area (Å²) in [5.41, 5.74) is 5.77. The van der Waals surface area contributed by atoms with E-state index in [-0.39, 0.29) is 13.0 Å². The molecule has 1 aliphatic rings. The Morgan fingerprint density at radius 2 is 2.00 bits per heavy atom. The average molecular weight is 284 g/mol. The monoisotopic (exact) mass is 283 g/mol. The van der Waals surface area contributed by atoms with E-state index in [0.717, 1.165) is 0 Å². The first-order valence-electron chi connectivity index (χ1n) is 5.78. The first-order chi connectivity index (χ1) is 8.97. The van der Waals surface area contributed by atoms with Gasteiger partial charge in [-0.3, -0.25) is 4.79 Å². The molecule has 0 radical (unpaired) electrons. The molecule has 2 atom stereocenters. The number of likely N-dealkylation sites (tertiary alicyclic amines) is 1. The van der Waals surface area contributed by atoms with E-state index in [2.05, 4.69) is 5.32 Å². The highest BCUT2D eigenvalue weighted by atomic mass is 35.5. The molecular weight excluding hydrogens is 270 g/mol. The highest BCUT2D eigenvalue weighted by molar-refractivity contribution is 6.30. The van der Waals surface area contributed by atoms with Gasteiger partial charge in [-0.15, -0.1) is 0 Å². The van der Waals surface area contributed by atoms with Gasteiger partial charge in [0.05, 0.1) is 6.10 Å². The van der Waals surface area contributed by atoms with Crippen LogP contribution in [-0.4, -0.2) is 40.6 Å². The first-order valence-corrected chi connectivity index (χ1v) is 6.15. The van der Waals surface area contributed by atoms with Crippen LogP contribution in [0.4, 0.5) is 10.5 Å². The lowest BCUT2D eigenvalue weighted by Crippen LogP contribution is -2.45. The lowest BCUT2D eigenvalue weighted by atomic mass is 10.2. The fourth-order valence-electron chi connectivity index (χ4n) is 2.04. The summed E-state index contributed by atoms with van der Waals surface area (Å²) in [6.07, 6.45) is -0.558. The Kier molecular flexibility index (Phi) is 3.92. The lowest BCUT2D eigenvalue weighted by Gasteiger charge is -2.22. The van der Waals surface area contributed by atoms with Crippen LogP contribution in [0.1, 0.15) is 6.42 Å². The minimum absolute atomic E-state index is 0.0903. The van der Waals surface area contributed by atoms with Crippen molar-refractivity contribution in [3.63, 3.8) is 0 Å². The Hall–Kier alpha value is -1.79. The molecule has 4 N–H and O–H groups in total. The molecule has 0 aromatic heterocycles. The normalized spacial score (nSPS) is 22.3. The molecule has 2 unspecified atom stereocenters. The maximum absolute atomic E-state index is 12.0. The Morgan fingerprint density at radius 1 is 1.37 bits per heavy atom. The van der Waals surface area contributed by atoms with Gasteiger partial charge < -0.3 is 21.1 Å². The van der Waals surface area contributed by atoms with E-state index in [1.54, 1.807) is 24.3 Å². The largest absolute Gasteiger partial charge is 0.391 e. The molecule has 1 heterocycles. The molecule has 1 fully saturated rings. The van der Waals surface area contributed by atoms with Crippen molar-refractivity contribution in [2.75, 3.05) is 11.9 Å². The Bertz CT molecular complexity index is 491. The third kappa shape index (κ3) is 3.15. The van der Waals surface area contributed by atoms with Crippen LogP contribution in [0.5, 0.6) is 0 Å². The van der Waals surface area contributed by atoms with Crippen molar-refractivity contribution in [1.29, 1.82) is 0 Å². The highest BCUT2D eigenvalue weighted by Gasteiger charge is 2.37. The van der Waals surface area contributed by atoms with Gasteiger partial charge >= 0.3 is 6.03 Å². The molecule has 0 spiro atoms. The van der Waals surface area contributed by atoms with Gasteiger partial charge in [0.2, 0.25) is 5.91 Å². The van der Waals surface area contributed by atoms with Crippen molar-refractivity contribution < 1.29 is 14.7 Å². The second-order valence-electron chi connectivity index (χ2n) is 4.40. The van der Waals surface area contributed by atoms with Gasteiger partial charge in [0.15, 0.2) is 0 Å². The van der Waals surface area contributed by atoms with Crippen LogP contribution in [0.15, 0.2) is 24.3 Å². The summed E-state index contributed by atoms with van der Waals surface area (Å²) in [6, 6.07) is 5.33. The van der Waals surface area contributed by atoms with Crippen molar-refractivity contribution in [3.05, 3.63) is 29.3 Å². The fourth-order valence-corrected chi connectivity index (χ4v) is 2.16. The van der Waals surface area contributed by atoms with E-state index in [4.69, 9.17) is 17.3 Å². The van der Waals surface area contributed by atoms with Gasteiger partial charge in [-0.25, -0.2) is 4.79 Å². The molecule has 6 nitrogen and oxygen atoms in total. The molecule has 19 heavy (non-hydrogen) atoms. The van der Waals surface area contributed by atoms with E-state index in [1.807, 2.05) is 0 Å². The van der Waals surface area contributed by atoms with Crippen molar-refractivity contribution in [2.45, 2.75) is 18.6 Å². The molecule has 0 bridgehead atoms. The van der Waals surface area contributed by atoms with Crippen LogP contribution in [0.3, 0.4) is 0 Å². The molecule has 1 aromatic carbocycles. The smallest absolute Gasteiger partial charge is 0.322 e. The number of nitrogens with two attached hydrogens (primary N) is 1. The third-order valence-electron chi connectivity index (χ3n) is 2.96. The second kappa shape index (κ2) is 5.46. The Morgan fingerprint density at radius 3 is 2.58 bits per heavy atom. The fraction of sp³-hybridized carbons (Fsp3) is 0.333. The maximum Gasteiger partial charge on any atom is 0.322 e. The van der Waals surface area contributed by atoms with Gasteiger partial charge in [-0.05, 0) is 24.3 Å². The molecule has 7 heteroatoms. The van der Waals surface area contributed by atoms with Gasteiger partial charge in [0.25, 0.3) is 0 Å². The predicted molar refractivity (Wildman–Crippen MR) is 70.8 cm³/mol. The summed E-state index contributed by atoms with van der Waals surface area (Å²) >= 11 is 5.74. The summed E-state index contributed by atoms with van der Waals surface area (Å²) in [7, 11) is 0. The number of halogens is 1. The van der Waals surface area contributed by atoms with E-state index in [0.29, 0.717) is 10.7 Å². The molecule has 0 saturated carbocycles. The van der Waals surface area contributed by atoms with E-state index in [1.165, 1.54) is 4.90 Å². The quantitative estimate of drug-likeness (QED) is 0.749. The van der Waals surface area contributed by atoms with E-state index >= 15 is 0 Å². The van der Waals surface area contributed by atoms with Gasteiger partial charge in [0.1, 0.15) is 6.04 Å². The van der Waals surface area contributed by atoms with Crippen LogP contribution in [0, 0.1) is 0 Å². The Balaban J connectivity index is 2.06. The number of nitrogens with zero attached hydrogens (tertiary/aromatic N) is 1. The summed E-state index contributed by atoms with van der Waals surface area (Å²) in [5, 5.41) is 12.7. The van der Waals surface area contributed by atoms with Crippen LogP contribution in [-0.2, 0) is 4.79 Å². The lowest BCUT2D eigenvalue weighted by molar-refractivity contribution is -0.121. The van der Waals surface area contributed by atoms with Crippen LogP contribution >= 0.6 is 11.6 Å². The summed E-state index contributed by atoms with van der Waals surface area (Å²) in [6.45, 7) is 0.0903. The molecule has 102 valence electrons. The third-order valence-corrected chi connectivity index (χ3v) is 3.22. The summed E-state index contributed by atoms with van der Waals surface area (Å²) in [4.78, 5) is 24.5. The van der Waals surface area contributed by atoms with Crippen LogP contribution < -0.4 is 11.1 Å². The topological polar surface area (TPSA) is 95.7 Å². The number of rotatable bonds is 2. The zero-order chi connectivity index (χ0) is 14.0. The zero-order valence-electron chi connectivity index (χ0n) is 10.0. The number of hydrogen-bond donors (Lipinski definition) is 3. The molecular formula is C12H14ClN3O3. The summed E-state index contributed by atoms with van der Waals surface area (Å²) < 4.78 is 0. The first kappa shape index (κ1) is 13.6. The standard InChI is InChI=1S/C12H14ClN3O3/c13-7-1-3-8(4-2-7)15-12(19)16-6-9(17)5-10(16)11(14)18/h1-4,9-10,17H,5-6H2,(H2,14,18)(H,15,19). The van der Waals surface area contributed by atoms with Crippen molar-refractivity contribution in [2.24, 2.45) is 5.73 Å². The number of amides is 3. The van der Waals surface area contributed by atoms with Crippen molar-refractivity contribution in [1.82, 2.24) is 4.90 Å². The molecule has 0 aliphatic carbocycles. The zero-order valence-corrected chi connectivity index (χ0v) is 10.8. The highest BCUT2D eigenvalue weighted by Crippen LogP contribution is 2.20. The SMILES string of the molecule is NC(=O)C1CC(O)CN1C(=O)Nc1ccc(Cl)cc1. The number of carbonyl (C=O) groups excluding carboxylic acids is 2. The minimum atomic E-state index is -0.776. The Labute approximate surface area is 115 Å². The van der Waals surface area contributed by atoms with Crippen LogP contribution in [0.2, 0.25) is 5.02 Å². The number of urea groups is 1. The average Bonchev–Trinajstić information content (AvgIpc) is 2.74. The number of β-amino-alcohol motifs (C(OH)–C–C–N with tert-alkyl or cyclic N) is 1. The number of benzene rings is 1. The van der Waals surface area contributed by atoms with Crippen molar-refractivity contribution in [3.8, 4) is 0 Å². The number of hydrogen-bond acceptors (Lipinski definition) is 3. The number of carbonyl (C=O) groups is 2. The molecule has 2 rings (SSSR count). The van der Waals surface area contributed by atoms with Gasteiger partial charge in [-0.1, -0.05) is 11.6 Å². The maximum atomic E-state index is 12.0. The number of anilines is 1. The number of aliphatic hydroxyl groups excluding tert-OH is 1. The van der Waals surface area contributed by atoms with E-state index in [9.17, 15) is 14.7 Å². The van der Waals surface area contributed by atoms with Crippen molar-refractivity contribution >= 4 is 29.2 Å². The number of nitrogens with one attached hydrogen (secondary N) is 1. The number of primary amides is 1. The number of aliphatic hydroxyl groups is 1. The van der Waals surface area contributed by atoms with Gasteiger partial charge in [-0.2, -0.15) is 0 Å². The summed E-state index contributed by atoms with van der Waals surface area (Å²) in [5.74, 6) is -0.622. The minimum Gasteiger partial charge on any atom is -0.391 e. The second-order valence-corrected chi connectivity index (χ2v) is 4.83. The molecule has 1 aromatic rings. The van der Waals surface area contributed by atoms with Gasteiger partial charge in [0, 0.05) is 23.7 Å². The molecule has 3 amide bonds. The molecule has 1 saturated heterocycles. The van der Waals surface area contributed by atoms with Crippen LogP contribution in [0.25, 0.3) is 0 Å². The van der Waals surface area contributed by atoms with E-state index < -0.39 is 24.1 Å². The molecule has 1 aliphatic heterocycles.